The third-order valence-corrected chi connectivity index (χ3v) is 3.24. The van der Waals surface area contributed by atoms with Crippen LogP contribution in [0.25, 0.3) is 0 Å². The van der Waals surface area contributed by atoms with Crippen LogP contribution in [0.2, 0.25) is 0 Å². The minimum atomic E-state index is -0.224. The first-order chi connectivity index (χ1) is 8.70. The molecule has 4 nitrogen and oxygen atoms in total. The van der Waals surface area contributed by atoms with Crippen LogP contribution in [-0.4, -0.2) is 32.9 Å². The minimum absolute atomic E-state index is 0.202. The zero-order valence-corrected chi connectivity index (χ0v) is 10.8. The Morgan fingerprint density at radius 2 is 2.00 bits per heavy atom. The predicted molar refractivity (Wildman–Crippen MR) is 66.7 cm³/mol. The first kappa shape index (κ1) is 12.9. The zero-order valence-electron chi connectivity index (χ0n) is 10.8. The van der Waals surface area contributed by atoms with Crippen molar-refractivity contribution in [1.29, 1.82) is 0 Å². The fourth-order valence-corrected chi connectivity index (χ4v) is 2.14. The van der Waals surface area contributed by atoms with Crippen molar-refractivity contribution in [3.8, 4) is 5.75 Å². The lowest BCUT2D eigenvalue weighted by molar-refractivity contribution is -0.148. The lowest BCUT2D eigenvalue weighted by atomic mass is 9.76. The van der Waals surface area contributed by atoms with Gasteiger partial charge in [0.25, 0.3) is 0 Å². The standard InChI is InChI=1S/C14H18O4/c1-3-18-12-6-4-11(5-7-12)14(9-17-10-14)8-13(15)16-2/h4-7H,3,8-10H2,1-2H3. The molecule has 0 saturated carbocycles. The molecule has 4 heteroatoms. The Bertz CT molecular complexity index is 406. The number of esters is 1. The summed E-state index contributed by atoms with van der Waals surface area (Å²) >= 11 is 0. The summed E-state index contributed by atoms with van der Waals surface area (Å²) in [5.41, 5.74) is 0.875. The molecule has 1 fully saturated rings. The Morgan fingerprint density at radius 3 is 2.44 bits per heavy atom. The van der Waals surface area contributed by atoms with E-state index < -0.39 is 0 Å². The van der Waals surface area contributed by atoms with E-state index in [1.165, 1.54) is 7.11 Å². The Kier molecular flexibility index (Phi) is 3.87. The van der Waals surface area contributed by atoms with Gasteiger partial charge in [0.05, 0.1) is 38.8 Å². The van der Waals surface area contributed by atoms with Crippen LogP contribution in [0.5, 0.6) is 5.75 Å². The lowest BCUT2D eigenvalue weighted by Gasteiger charge is -2.41. The summed E-state index contributed by atoms with van der Waals surface area (Å²) < 4.78 is 15.4. The van der Waals surface area contributed by atoms with Gasteiger partial charge in [-0.25, -0.2) is 0 Å². The van der Waals surface area contributed by atoms with Crippen molar-refractivity contribution in [3.63, 3.8) is 0 Å². The normalized spacial score (nSPS) is 16.8. The second kappa shape index (κ2) is 5.40. The highest BCUT2D eigenvalue weighted by atomic mass is 16.5. The molecule has 1 aromatic rings. The van der Waals surface area contributed by atoms with Gasteiger partial charge in [-0.2, -0.15) is 0 Å². The minimum Gasteiger partial charge on any atom is -0.494 e. The number of ether oxygens (including phenoxy) is 3. The number of hydrogen-bond donors (Lipinski definition) is 0. The van der Waals surface area contributed by atoms with Gasteiger partial charge in [0.1, 0.15) is 5.75 Å². The van der Waals surface area contributed by atoms with Crippen molar-refractivity contribution in [1.82, 2.24) is 0 Å². The smallest absolute Gasteiger partial charge is 0.306 e. The van der Waals surface area contributed by atoms with E-state index in [9.17, 15) is 4.79 Å². The first-order valence-corrected chi connectivity index (χ1v) is 6.08. The molecule has 1 aliphatic heterocycles. The molecule has 98 valence electrons. The van der Waals surface area contributed by atoms with E-state index in [0.717, 1.165) is 11.3 Å². The van der Waals surface area contributed by atoms with Crippen molar-refractivity contribution in [2.75, 3.05) is 26.9 Å². The molecule has 0 N–H and O–H groups in total. The van der Waals surface area contributed by atoms with Gasteiger partial charge in [-0.05, 0) is 24.6 Å². The topological polar surface area (TPSA) is 44.8 Å². The van der Waals surface area contributed by atoms with Gasteiger partial charge in [0, 0.05) is 0 Å². The van der Waals surface area contributed by atoms with Crippen molar-refractivity contribution >= 4 is 5.97 Å². The molecule has 2 rings (SSSR count). The molecule has 0 bridgehead atoms. The molecule has 1 saturated heterocycles. The molecule has 0 unspecified atom stereocenters. The maximum atomic E-state index is 11.5. The summed E-state index contributed by atoms with van der Waals surface area (Å²) in [5.74, 6) is 0.641. The lowest BCUT2D eigenvalue weighted by Crippen LogP contribution is -2.48. The SMILES string of the molecule is CCOc1ccc(C2(CC(=O)OC)COC2)cc1. The van der Waals surface area contributed by atoms with Crippen molar-refractivity contribution in [2.45, 2.75) is 18.8 Å². The molecular weight excluding hydrogens is 232 g/mol. The molecular formula is C14H18O4. The summed E-state index contributed by atoms with van der Waals surface area (Å²) in [4.78, 5) is 11.5. The zero-order chi connectivity index (χ0) is 13.0. The van der Waals surface area contributed by atoms with Gasteiger partial charge >= 0.3 is 5.97 Å². The second-order valence-corrected chi connectivity index (χ2v) is 4.48. The van der Waals surface area contributed by atoms with Crippen molar-refractivity contribution in [2.24, 2.45) is 0 Å². The van der Waals surface area contributed by atoms with Crippen LogP contribution in [0, 0.1) is 0 Å². The van der Waals surface area contributed by atoms with Gasteiger partial charge in [0.15, 0.2) is 0 Å². The van der Waals surface area contributed by atoms with Gasteiger partial charge in [0.2, 0.25) is 0 Å². The van der Waals surface area contributed by atoms with Crippen LogP contribution in [0.1, 0.15) is 18.9 Å². The molecule has 0 radical (unpaired) electrons. The Balaban J connectivity index is 2.14. The molecule has 18 heavy (non-hydrogen) atoms. The fraction of sp³-hybridized carbons (Fsp3) is 0.500. The van der Waals surface area contributed by atoms with Crippen LogP contribution in [-0.2, 0) is 19.7 Å². The van der Waals surface area contributed by atoms with Gasteiger partial charge < -0.3 is 14.2 Å². The Hall–Kier alpha value is -1.55. The van der Waals surface area contributed by atoms with Gasteiger partial charge in [-0.3, -0.25) is 4.79 Å². The molecule has 0 aromatic heterocycles. The average molecular weight is 250 g/mol. The summed E-state index contributed by atoms with van der Waals surface area (Å²) in [5, 5.41) is 0. The van der Waals surface area contributed by atoms with Gasteiger partial charge in [-0.1, -0.05) is 12.1 Å². The van der Waals surface area contributed by atoms with E-state index in [1.807, 2.05) is 31.2 Å². The van der Waals surface area contributed by atoms with E-state index in [4.69, 9.17) is 14.2 Å². The number of methoxy groups -OCH3 is 1. The fourth-order valence-electron chi connectivity index (χ4n) is 2.14. The van der Waals surface area contributed by atoms with Crippen LogP contribution in [0.4, 0.5) is 0 Å². The van der Waals surface area contributed by atoms with Crippen molar-refractivity contribution in [3.05, 3.63) is 29.8 Å². The Labute approximate surface area is 107 Å². The molecule has 1 aliphatic rings. The molecule has 1 aromatic carbocycles. The maximum Gasteiger partial charge on any atom is 0.306 e. The Morgan fingerprint density at radius 1 is 1.33 bits per heavy atom. The third kappa shape index (κ3) is 2.48. The van der Waals surface area contributed by atoms with Crippen LogP contribution < -0.4 is 4.74 Å². The average Bonchev–Trinajstić information content (AvgIpc) is 2.35. The summed E-state index contributed by atoms with van der Waals surface area (Å²) in [7, 11) is 1.41. The summed E-state index contributed by atoms with van der Waals surface area (Å²) in [6.45, 7) is 3.73. The molecule has 1 heterocycles. The number of carbonyl (C=O) groups is 1. The number of rotatable bonds is 5. The maximum absolute atomic E-state index is 11.5. The van der Waals surface area contributed by atoms with Crippen LogP contribution >= 0.6 is 0 Å². The summed E-state index contributed by atoms with van der Waals surface area (Å²) in [6.07, 6.45) is 0.359. The highest BCUT2D eigenvalue weighted by Crippen LogP contribution is 2.36. The highest BCUT2D eigenvalue weighted by Gasteiger charge is 2.42. The van der Waals surface area contributed by atoms with E-state index in [1.54, 1.807) is 0 Å². The second-order valence-electron chi connectivity index (χ2n) is 4.48. The largest absolute Gasteiger partial charge is 0.494 e. The molecule has 0 amide bonds. The summed E-state index contributed by atoms with van der Waals surface area (Å²) in [6, 6.07) is 7.85. The van der Waals surface area contributed by atoms with Crippen LogP contribution in [0.15, 0.2) is 24.3 Å². The van der Waals surface area contributed by atoms with E-state index in [0.29, 0.717) is 26.2 Å². The highest BCUT2D eigenvalue weighted by molar-refractivity contribution is 5.71. The molecule has 0 aliphatic carbocycles. The van der Waals surface area contributed by atoms with E-state index in [2.05, 4.69) is 0 Å². The third-order valence-electron chi connectivity index (χ3n) is 3.24. The number of hydrogen-bond acceptors (Lipinski definition) is 4. The molecule has 0 spiro atoms. The quantitative estimate of drug-likeness (QED) is 0.749. The van der Waals surface area contributed by atoms with Gasteiger partial charge in [-0.15, -0.1) is 0 Å². The van der Waals surface area contributed by atoms with Crippen LogP contribution in [0.3, 0.4) is 0 Å². The number of benzene rings is 1. The van der Waals surface area contributed by atoms with E-state index >= 15 is 0 Å². The molecule has 0 atom stereocenters. The monoisotopic (exact) mass is 250 g/mol. The number of carbonyl (C=O) groups excluding carboxylic acids is 1. The van der Waals surface area contributed by atoms with E-state index in [-0.39, 0.29) is 11.4 Å². The predicted octanol–water partition coefficient (Wildman–Crippen LogP) is 1.92. The van der Waals surface area contributed by atoms with Crippen molar-refractivity contribution < 1.29 is 19.0 Å². The first-order valence-electron chi connectivity index (χ1n) is 6.08.